The van der Waals surface area contributed by atoms with Gasteiger partial charge in [-0.2, -0.15) is 0 Å². The van der Waals surface area contributed by atoms with Crippen LogP contribution in [0.5, 0.6) is 5.75 Å². The second-order valence-corrected chi connectivity index (χ2v) is 6.85. The third-order valence-corrected chi connectivity index (χ3v) is 4.10. The Morgan fingerprint density at radius 1 is 1.27 bits per heavy atom. The van der Waals surface area contributed by atoms with Crippen molar-refractivity contribution in [3.8, 4) is 5.75 Å². The van der Waals surface area contributed by atoms with Crippen LogP contribution in [0.1, 0.15) is 18.7 Å². The van der Waals surface area contributed by atoms with E-state index in [1.807, 2.05) is 0 Å². The third kappa shape index (κ3) is 4.36. The molecule has 0 aliphatic rings. The Labute approximate surface area is 129 Å². The van der Waals surface area contributed by atoms with Crippen LogP contribution in [0.25, 0.3) is 0 Å². The number of furan rings is 1. The molecule has 1 N–H and O–H groups in total. The van der Waals surface area contributed by atoms with Crippen molar-refractivity contribution in [1.29, 1.82) is 0 Å². The first-order valence-corrected chi connectivity index (χ1v) is 8.51. The van der Waals surface area contributed by atoms with Crippen molar-refractivity contribution in [2.24, 2.45) is 0 Å². The highest BCUT2D eigenvalue weighted by Crippen LogP contribution is 2.16. The van der Waals surface area contributed by atoms with Crippen molar-refractivity contribution in [3.05, 3.63) is 48.4 Å². The predicted octanol–water partition coefficient (Wildman–Crippen LogP) is 1.94. The summed E-state index contributed by atoms with van der Waals surface area (Å²) < 4.78 is 33.2. The van der Waals surface area contributed by atoms with Gasteiger partial charge in [0.2, 0.25) is 0 Å². The molecule has 0 radical (unpaired) electrons. The van der Waals surface area contributed by atoms with E-state index >= 15 is 0 Å². The van der Waals surface area contributed by atoms with E-state index in [1.54, 1.807) is 19.1 Å². The maximum absolute atomic E-state index is 11.8. The second kappa shape index (κ2) is 6.65. The molecule has 2 aromatic rings. The van der Waals surface area contributed by atoms with Crippen LogP contribution in [0.3, 0.4) is 0 Å². The molecule has 22 heavy (non-hydrogen) atoms. The molecule has 0 saturated carbocycles. The number of rotatable bonds is 6. The van der Waals surface area contributed by atoms with Crippen molar-refractivity contribution in [1.82, 2.24) is 5.32 Å². The van der Waals surface area contributed by atoms with E-state index in [2.05, 4.69) is 5.32 Å². The minimum Gasteiger partial charge on any atom is -0.484 e. The summed E-state index contributed by atoms with van der Waals surface area (Å²) in [5, 5.41) is 2.73. The number of benzene rings is 1. The molecule has 2 rings (SSSR count). The van der Waals surface area contributed by atoms with Gasteiger partial charge in [-0.3, -0.25) is 4.79 Å². The number of hydrogen-bond acceptors (Lipinski definition) is 5. The highest BCUT2D eigenvalue weighted by molar-refractivity contribution is 7.90. The Kier molecular flexibility index (Phi) is 4.87. The molecule has 0 fully saturated rings. The maximum Gasteiger partial charge on any atom is 0.258 e. The molecule has 6 nitrogen and oxygen atoms in total. The van der Waals surface area contributed by atoms with Crippen molar-refractivity contribution in [2.45, 2.75) is 17.9 Å². The van der Waals surface area contributed by atoms with Crippen LogP contribution in [0.4, 0.5) is 0 Å². The molecule has 0 spiro atoms. The Balaban J connectivity index is 1.86. The smallest absolute Gasteiger partial charge is 0.258 e. The molecule has 0 aliphatic carbocycles. The standard InChI is InChI=1S/C15H17NO5S/c1-11(14-4-3-9-20-14)16-15(17)10-21-12-5-7-13(8-6-12)22(2,18)19/h3-9,11H,10H2,1-2H3,(H,16,17)/t11-/m1/s1. The Bertz CT molecular complexity index is 720. The lowest BCUT2D eigenvalue weighted by atomic mass is 10.2. The molecule has 1 amide bonds. The van der Waals surface area contributed by atoms with E-state index < -0.39 is 9.84 Å². The van der Waals surface area contributed by atoms with Crippen LogP contribution in [-0.2, 0) is 14.6 Å². The minimum atomic E-state index is -3.24. The molecule has 7 heteroatoms. The lowest BCUT2D eigenvalue weighted by Gasteiger charge is -2.12. The van der Waals surface area contributed by atoms with Gasteiger partial charge < -0.3 is 14.5 Å². The van der Waals surface area contributed by atoms with Crippen LogP contribution < -0.4 is 10.1 Å². The normalized spacial score (nSPS) is 12.6. The Morgan fingerprint density at radius 2 is 1.95 bits per heavy atom. The van der Waals surface area contributed by atoms with Gasteiger partial charge in [0.25, 0.3) is 5.91 Å². The molecular formula is C15H17NO5S. The molecule has 1 atom stereocenters. The number of carbonyl (C=O) groups excluding carboxylic acids is 1. The molecule has 1 aromatic carbocycles. The molecular weight excluding hydrogens is 306 g/mol. The van der Waals surface area contributed by atoms with Gasteiger partial charge in [-0.15, -0.1) is 0 Å². The van der Waals surface area contributed by atoms with Crippen molar-refractivity contribution in [2.75, 3.05) is 12.9 Å². The molecule has 1 heterocycles. The average Bonchev–Trinajstić information content (AvgIpc) is 2.99. The van der Waals surface area contributed by atoms with E-state index in [1.165, 1.54) is 30.5 Å². The van der Waals surface area contributed by atoms with Gasteiger partial charge in [-0.25, -0.2) is 8.42 Å². The van der Waals surface area contributed by atoms with E-state index in [0.717, 1.165) is 6.26 Å². The lowest BCUT2D eigenvalue weighted by molar-refractivity contribution is -0.123. The lowest BCUT2D eigenvalue weighted by Crippen LogP contribution is -2.31. The summed E-state index contributed by atoms with van der Waals surface area (Å²) in [6, 6.07) is 9.17. The zero-order valence-corrected chi connectivity index (χ0v) is 13.1. The fourth-order valence-corrected chi connectivity index (χ4v) is 2.45. The number of nitrogens with one attached hydrogen (secondary N) is 1. The highest BCUT2D eigenvalue weighted by atomic mass is 32.2. The summed E-state index contributed by atoms with van der Waals surface area (Å²) in [5.74, 6) is 0.787. The molecule has 0 unspecified atom stereocenters. The largest absolute Gasteiger partial charge is 0.484 e. The molecule has 0 bridgehead atoms. The minimum absolute atomic E-state index is 0.163. The summed E-state index contributed by atoms with van der Waals surface area (Å²) in [4.78, 5) is 12.0. The number of sulfone groups is 1. The fraction of sp³-hybridized carbons (Fsp3) is 0.267. The van der Waals surface area contributed by atoms with Gasteiger partial charge in [0, 0.05) is 6.26 Å². The second-order valence-electron chi connectivity index (χ2n) is 4.84. The SMILES string of the molecule is C[C@@H](NC(=O)COc1ccc(S(C)(=O)=O)cc1)c1ccco1. The quantitative estimate of drug-likeness (QED) is 0.878. The summed E-state index contributed by atoms with van der Waals surface area (Å²) in [6.07, 6.45) is 2.67. The van der Waals surface area contributed by atoms with Gasteiger partial charge >= 0.3 is 0 Å². The van der Waals surface area contributed by atoms with Crippen LogP contribution in [0, 0.1) is 0 Å². The Hall–Kier alpha value is -2.28. The fourth-order valence-electron chi connectivity index (χ4n) is 1.82. The van der Waals surface area contributed by atoms with Crippen LogP contribution in [-0.4, -0.2) is 27.2 Å². The highest BCUT2D eigenvalue weighted by Gasteiger charge is 2.12. The van der Waals surface area contributed by atoms with Crippen LogP contribution in [0.2, 0.25) is 0 Å². The first kappa shape index (κ1) is 16.1. The van der Waals surface area contributed by atoms with E-state index in [0.29, 0.717) is 11.5 Å². The molecule has 0 aliphatic heterocycles. The van der Waals surface area contributed by atoms with Crippen LogP contribution in [0.15, 0.2) is 52.0 Å². The van der Waals surface area contributed by atoms with Gasteiger partial charge in [0.05, 0.1) is 17.2 Å². The number of ether oxygens (including phenoxy) is 1. The number of carbonyl (C=O) groups is 1. The number of hydrogen-bond donors (Lipinski definition) is 1. The predicted molar refractivity (Wildman–Crippen MR) is 80.3 cm³/mol. The summed E-state index contributed by atoms with van der Waals surface area (Å²) >= 11 is 0. The summed E-state index contributed by atoms with van der Waals surface area (Å²) in [5.41, 5.74) is 0. The van der Waals surface area contributed by atoms with Crippen molar-refractivity contribution < 1.29 is 22.4 Å². The summed E-state index contributed by atoms with van der Waals surface area (Å²) in [7, 11) is -3.24. The van der Waals surface area contributed by atoms with Gasteiger partial charge in [-0.1, -0.05) is 0 Å². The zero-order valence-electron chi connectivity index (χ0n) is 12.3. The zero-order chi connectivity index (χ0) is 16.2. The average molecular weight is 323 g/mol. The van der Waals surface area contributed by atoms with Gasteiger partial charge in [-0.05, 0) is 43.3 Å². The summed E-state index contributed by atoms with van der Waals surface area (Å²) in [6.45, 7) is 1.64. The third-order valence-electron chi connectivity index (χ3n) is 2.97. The topological polar surface area (TPSA) is 85.6 Å². The molecule has 0 saturated heterocycles. The first-order valence-electron chi connectivity index (χ1n) is 6.62. The van der Waals surface area contributed by atoms with Crippen molar-refractivity contribution >= 4 is 15.7 Å². The van der Waals surface area contributed by atoms with E-state index in [-0.39, 0.29) is 23.5 Å². The molecule has 1 aromatic heterocycles. The molecule has 118 valence electrons. The van der Waals surface area contributed by atoms with Crippen molar-refractivity contribution in [3.63, 3.8) is 0 Å². The number of amides is 1. The Morgan fingerprint density at radius 3 is 2.50 bits per heavy atom. The first-order chi connectivity index (χ1) is 10.4. The van der Waals surface area contributed by atoms with Gasteiger partial charge in [0.15, 0.2) is 16.4 Å². The van der Waals surface area contributed by atoms with Gasteiger partial charge in [0.1, 0.15) is 11.5 Å². The monoisotopic (exact) mass is 323 g/mol. The van der Waals surface area contributed by atoms with Crippen LogP contribution >= 0.6 is 0 Å². The maximum atomic E-state index is 11.8. The van der Waals surface area contributed by atoms with E-state index in [9.17, 15) is 13.2 Å². The van der Waals surface area contributed by atoms with E-state index in [4.69, 9.17) is 9.15 Å².